The Hall–Kier alpha value is -1.89. The maximum Gasteiger partial charge on any atom is 0.243 e. The van der Waals surface area contributed by atoms with Gasteiger partial charge in [-0.2, -0.15) is 0 Å². The van der Waals surface area contributed by atoms with E-state index in [2.05, 4.69) is 5.32 Å². The minimum absolute atomic E-state index is 0.0852. The van der Waals surface area contributed by atoms with Crippen LogP contribution in [0.15, 0.2) is 42.5 Å². The molecule has 1 saturated carbocycles. The summed E-state index contributed by atoms with van der Waals surface area (Å²) < 4.78 is 5.20. The average Bonchev–Trinajstić information content (AvgIpc) is 3.33. The highest BCUT2D eigenvalue weighted by atomic mass is 35.5. The van der Waals surface area contributed by atoms with Gasteiger partial charge in [0, 0.05) is 28.4 Å². The maximum atomic E-state index is 13.4. The first-order valence-corrected chi connectivity index (χ1v) is 13.6. The highest BCUT2D eigenvalue weighted by molar-refractivity contribution is 7.99. The number of carbonyl (C=O) groups excluding carboxylic acids is 2. The van der Waals surface area contributed by atoms with Crippen molar-refractivity contribution >= 4 is 46.8 Å². The van der Waals surface area contributed by atoms with Gasteiger partial charge in [0.2, 0.25) is 11.8 Å². The van der Waals surface area contributed by atoms with E-state index in [0.717, 1.165) is 42.6 Å². The van der Waals surface area contributed by atoms with Crippen LogP contribution in [0.5, 0.6) is 5.75 Å². The van der Waals surface area contributed by atoms with Crippen molar-refractivity contribution in [2.75, 3.05) is 12.9 Å². The Morgan fingerprint density at radius 1 is 1.15 bits per heavy atom. The molecule has 0 unspecified atom stereocenters. The van der Waals surface area contributed by atoms with Gasteiger partial charge in [0.1, 0.15) is 11.8 Å². The molecule has 184 valence electrons. The molecular formula is C26H32Cl2N2O3S. The fraction of sp³-hybridized carbons (Fsp3) is 0.462. The van der Waals surface area contributed by atoms with Crippen molar-refractivity contribution in [3.8, 4) is 5.75 Å². The summed E-state index contributed by atoms with van der Waals surface area (Å²) in [6, 6.07) is 12.7. The summed E-state index contributed by atoms with van der Waals surface area (Å²) in [7, 11) is 1.64. The molecule has 0 radical (unpaired) electrons. The van der Waals surface area contributed by atoms with E-state index < -0.39 is 6.04 Å². The van der Waals surface area contributed by atoms with E-state index in [0.29, 0.717) is 22.2 Å². The highest BCUT2D eigenvalue weighted by Gasteiger charge is 2.30. The normalized spacial score (nSPS) is 14.6. The molecule has 1 fully saturated rings. The molecule has 3 rings (SSSR count). The summed E-state index contributed by atoms with van der Waals surface area (Å²) in [5, 5.41) is 4.18. The zero-order valence-corrected chi connectivity index (χ0v) is 22.0. The van der Waals surface area contributed by atoms with Crippen molar-refractivity contribution in [1.82, 2.24) is 10.2 Å². The third kappa shape index (κ3) is 7.56. The molecule has 34 heavy (non-hydrogen) atoms. The maximum absolute atomic E-state index is 13.4. The summed E-state index contributed by atoms with van der Waals surface area (Å²) in [4.78, 5) is 28.2. The van der Waals surface area contributed by atoms with Gasteiger partial charge in [-0.1, -0.05) is 61.2 Å². The van der Waals surface area contributed by atoms with Gasteiger partial charge in [-0.25, -0.2) is 0 Å². The minimum Gasteiger partial charge on any atom is -0.497 e. The van der Waals surface area contributed by atoms with Crippen LogP contribution < -0.4 is 10.1 Å². The molecule has 1 atom stereocenters. The number of nitrogens with one attached hydrogen (secondary N) is 1. The average molecular weight is 524 g/mol. The second-order valence-electron chi connectivity index (χ2n) is 8.51. The van der Waals surface area contributed by atoms with Crippen molar-refractivity contribution in [3.05, 3.63) is 63.6 Å². The van der Waals surface area contributed by atoms with Gasteiger partial charge in [-0.3, -0.25) is 9.59 Å². The van der Waals surface area contributed by atoms with Gasteiger partial charge in [-0.05, 0) is 54.7 Å². The number of halogens is 2. The predicted molar refractivity (Wildman–Crippen MR) is 141 cm³/mol. The first kappa shape index (κ1) is 26.7. The SMILES string of the molecule is CC[C@@H](C(=O)NC1CCCC1)N(Cc1ccc(Cl)cc1Cl)C(=O)CSCc1ccc(OC)cc1. The Balaban J connectivity index is 1.71. The van der Waals surface area contributed by atoms with E-state index in [-0.39, 0.29) is 30.2 Å². The van der Waals surface area contributed by atoms with Crippen LogP contribution in [0.4, 0.5) is 0 Å². The summed E-state index contributed by atoms with van der Waals surface area (Å²) in [5.41, 5.74) is 1.88. The van der Waals surface area contributed by atoms with E-state index in [9.17, 15) is 9.59 Å². The zero-order valence-electron chi connectivity index (χ0n) is 19.7. The summed E-state index contributed by atoms with van der Waals surface area (Å²) in [6.07, 6.45) is 4.78. The van der Waals surface area contributed by atoms with E-state index in [1.807, 2.05) is 37.3 Å². The molecule has 2 aromatic rings. The molecule has 0 spiro atoms. The third-order valence-corrected chi connectivity index (χ3v) is 7.67. The Labute approximate surface area is 216 Å². The molecule has 5 nitrogen and oxygen atoms in total. The first-order valence-electron chi connectivity index (χ1n) is 11.7. The molecule has 0 heterocycles. The number of rotatable bonds is 11. The van der Waals surface area contributed by atoms with Crippen LogP contribution in [0.3, 0.4) is 0 Å². The van der Waals surface area contributed by atoms with Crippen molar-refractivity contribution in [2.45, 2.75) is 63.4 Å². The molecule has 1 N–H and O–H groups in total. The second kappa shape index (κ2) is 13.3. The lowest BCUT2D eigenvalue weighted by atomic mass is 10.1. The first-order chi connectivity index (χ1) is 16.4. The number of hydrogen-bond acceptors (Lipinski definition) is 4. The minimum atomic E-state index is -0.554. The van der Waals surface area contributed by atoms with E-state index in [1.165, 1.54) is 11.8 Å². The molecule has 8 heteroatoms. The number of hydrogen-bond donors (Lipinski definition) is 1. The number of benzene rings is 2. The monoisotopic (exact) mass is 522 g/mol. The van der Waals surface area contributed by atoms with E-state index in [4.69, 9.17) is 27.9 Å². The number of ether oxygens (including phenoxy) is 1. The molecule has 0 bridgehead atoms. The van der Waals surface area contributed by atoms with Crippen molar-refractivity contribution in [1.29, 1.82) is 0 Å². The topological polar surface area (TPSA) is 58.6 Å². The summed E-state index contributed by atoms with van der Waals surface area (Å²) >= 11 is 14.0. The van der Waals surface area contributed by atoms with Crippen LogP contribution >= 0.6 is 35.0 Å². The van der Waals surface area contributed by atoms with Crippen molar-refractivity contribution < 1.29 is 14.3 Å². The second-order valence-corrected chi connectivity index (χ2v) is 10.3. The van der Waals surface area contributed by atoms with Gasteiger partial charge in [0.05, 0.1) is 12.9 Å². The molecule has 2 aromatic carbocycles. The van der Waals surface area contributed by atoms with E-state index in [1.54, 1.807) is 24.1 Å². The van der Waals surface area contributed by atoms with Crippen LogP contribution in [-0.2, 0) is 21.9 Å². The molecule has 0 saturated heterocycles. The van der Waals surface area contributed by atoms with Gasteiger partial charge in [0.25, 0.3) is 0 Å². The van der Waals surface area contributed by atoms with Gasteiger partial charge < -0.3 is 15.0 Å². The largest absolute Gasteiger partial charge is 0.497 e. The Kier molecular flexibility index (Phi) is 10.4. The van der Waals surface area contributed by atoms with Crippen LogP contribution in [0.25, 0.3) is 0 Å². The molecule has 2 amide bonds. The van der Waals surface area contributed by atoms with Crippen LogP contribution in [-0.4, -0.2) is 41.7 Å². The Morgan fingerprint density at radius 3 is 2.47 bits per heavy atom. The van der Waals surface area contributed by atoms with Crippen LogP contribution in [0.2, 0.25) is 10.0 Å². The number of nitrogens with zero attached hydrogens (tertiary/aromatic N) is 1. The van der Waals surface area contributed by atoms with Crippen molar-refractivity contribution in [3.63, 3.8) is 0 Å². The molecule has 1 aliphatic carbocycles. The van der Waals surface area contributed by atoms with Crippen molar-refractivity contribution in [2.24, 2.45) is 0 Å². The fourth-order valence-corrected chi connectivity index (χ4v) is 5.52. The zero-order chi connectivity index (χ0) is 24.5. The van der Waals surface area contributed by atoms with Gasteiger partial charge in [0.15, 0.2) is 0 Å². The number of amides is 2. The summed E-state index contributed by atoms with van der Waals surface area (Å²) in [6.45, 7) is 2.20. The predicted octanol–water partition coefficient (Wildman–Crippen LogP) is 6.10. The lowest BCUT2D eigenvalue weighted by Gasteiger charge is -2.31. The number of thioether (sulfide) groups is 1. The third-order valence-electron chi connectivity index (χ3n) is 6.10. The van der Waals surface area contributed by atoms with E-state index >= 15 is 0 Å². The number of methoxy groups -OCH3 is 1. The number of carbonyl (C=O) groups is 2. The molecule has 0 aliphatic heterocycles. The molecular weight excluding hydrogens is 491 g/mol. The van der Waals surface area contributed by atoms with Crippen LogP contribution in [0.1, 0.15) is 50.2 Å². The smallest absolute Gasteiger partial charge is 0.243 e. The van der Waals surface area contributed by atoms with Crippen LogP contribution in [0, 0.1) is 0 Å². The molecule has 0 aromatic heterocycles. The Bertz CT molecular complexity index is 965. The lowest BCUT2D eigenvalue weighted by molar-refractivity contribution is -0.139. The fourth-order valence-electron chi connectivity index (χ4n) is 4.18. The summed E-state index contributed by atoms with van der Waals surface area (Å²) in [5.74, 6) is 1.58. The quantitative estimate of drug-likeness (QED) is 0.387. The standard InChI is InChI=1S/C26H32Cl2N2O3S/c1-3-24(26(32)29-21-6-4-5-7-21)30(15-19-10-11-20(27)14-23(19)28)25(31)17-34-16-18-8-12-22(33-2)13-9-18/h8-14,21,24H,3-7,15-17H2,1-2H3,(H,29,32)/t24-/m0/s1. The Morgan fingerprint density at radius 2 is 1.85 bits per heavy atom. The van der Waals surface area contributed by atoms with Gasteiger partial charge >= 0.3 is 0 Å². The molecule has 1 aliphatic rings. The van der Waals surface area contributed by atoms with Gasteiger partial charge in [-0.15, -0.1) is 11.8 Å². The lowest BCUT2D eigenvalue weighted by Crippen LogP contribution is -2.51. The highest BCUT2D eigenvalue weighted by Crippen LogP contribution is 2.25.